The molecular weight excluding hydrogens is 326 g/mol. The van der Waals surface area contributed by atoms with Crippen LogP contribution < -0.4 is 0 Å². The summed E-state index contributed by atoms with van der Waals surface area (Å²) in [5.74, 6) is 0.0749. The quantitative estimate of drug-likeness (QED) is 0.847. The van der Waals surface area contributed by atoms with Gasteiger partial charge in [-0.05, 0) is 43.7 Å². The summed E-state index contributed by atoms with van der Waals surface area (Å²) in [7, 11) is 0. The standard InChI is InChI=1S/C20H27N5O/c1-2-25-18(14-21-22-25)19(26)24-12-9-20(10-13-24)8-11-23(16-20)15-17-6-4-3-5-7-17/h3-7,14H,2,8-13,15-16H2,1H3. The van der Waals surface area contributed by atoms with E-state index in [2.05, 4.69) is 45.5 Å². The van der Waals surface area contributed by atoms with E-state index >= 15 is 0 Å². The summed E-state index contributed by atoms with van der Waals surface area (Å²) in [6.07, 6.45) is 5.03. The minimum atomic E-state index is 0.0749. The van der Waals surface area contributed by atoms with Gasteiger partial charge >= 0.3 is 0 Å². The number of benzene rings is 1. The van der Waals surface area contributed by atoms with Gasteiger partial charge in [0.15, 0.2) is 0 Å². The predicted octanol–water partition coefficient (Wildman–Crippen LogP) is 2.43. The van der Waals surface area contributed by atoms with Crippen molar-refractivity contribution in [3.63, 3.8) is 0 Å². The molecule has 6 nitrogen and oxygen atoms in total. The predicted molar refractivity (Wildman–Crippen MR) is 99.6 cm³/mol. The topological polar surface area (TPSA) is 54.3 Å². The van der Waals surface area contributed by atoms with Crippen molar-refractivity contribution < 1.29 is 4.79 Å². The fourth-order valence-electron chi connectivity index (χ4n) is 4.42. The number of hydrogen-bond donors (Lipinski definition) is 0. The molecule has 0 N–H and O–H groups in total. The van der Waals surface area contributed by atoms with Crippen LogP contribution in [0.4, 0.5) is 0 Å². The minimum absolute atomic E-state index is 0.0749. The van der Waals surface area contributed by atoms with Gasteiger partial charge in [-0.3, -0.25) is 9.69 Å². The number of amides is 1. The molecule has 2 aromatic rings. The summed E-state index contributed by atoms with van der Waals surface area (Å²) in [5, 5.41) is 7.87. The zero-order valence-electron chi connectivity index (χ0n) is 15.5. The maximum absolute atomic E-state index is 12.8. The lowest BCUT2D eigenvalue weighted by Gasteiger charge is -2.39. The minimum Gasteiger partial charge on any atom is -0.337 e. The number of hydrogen-bond acceptors (Lipinski definition) is 4. The van der Waals surface area contributed by atoms with Crippen molar-refractivity contribution in [2.75, 3.05) is 26.2 Å². The Labute approximate surface area is 154 Å². The Morgan fingerprint density at radius 1 is 1.12 bits per heavy atom. The van der Waals surface area contributed by atoms with Gasteiger partial charge in [-0.2, -0.15) is 0 Å². The van der Waals surface area contributed by atoms with Crippen molar-refractivity contribution in [2.24, 2.45) is 5.41 Å². The van der Waals surface area contributed by atoms with E-state index in [-0.39, 0.29) is 5.91 Å². The average Bonchev–Trinajstić information content (AvgIpc) is 3.30. The monoisotopic (exact) mass is 353 g/mol. The SMILES string of the molecule is CCn1nncc1C(=O)N1CCC2(CCN(Cc3ccccc3)C2)CC1. The Morgan fingerprint density at radius 3 is 2.58 bits per heavy atom. The third-order valence-corrected chi connectivity index (χ3v) is 6.01. The van der Waals surface area contributed by atoms with Crippen molar-refractivity contribution in [2.45, 2.75) is 39.3 Å². The highest BCUT2D eigenvalue weighted by Gasteiger charge is 2.41. The van der Waals surface area contributed by atoms with E-state index < -0.39 is 0 Å². The lowest BCUT2D eigenvalue weighted by atomic mass is 9.77. The summed E-state index contributed by atoms with van der Waals surface area (Å²) in [4.78, 5) is 17.3. The van der Waals surface area contributed by atoms with Gasteiger partial charge < -0.3 is 4.90 Å². The molecule has 3 heterocycles. The molecule has 1 aromatic heterocycles. The zero-order chi connectivity index (χ0) is 18.0. The number of carbonyl (C=O) groups is 1. The van der Waals surface area contributed by atoms with Gasteiger partial charge in [0, 0.05) is 32.7 Å². The highest BCUT2D eigenvalue weighted by molar-refractivity contribution is 5.92. The van der Waals surface area contributed by atoms with Crippen LogP contribution in [0, 0.1) is 5.41 Å². The number of rotatable bonds is 4. The third kappa shape index (κ3) is 3.38. The van der Waals surface area contributed by atoms with Crippen LogP contribution in [0.25, 0.3) is 0 Å². The number of aryl methyl sites for hydroxylation is 1. The van der Waals surface area contributed by atoms with Crippen molar-refractivity contribution in [1.82, 2.24) is 24.8 Å². The molecule has 1 aromatic carbocycles. The average molecular weight is 353 g/mol. The molecule has 1 amide bonds. The van der Waals surface area contributed by atoms with Crippen LogP contribution in [0.1, 0.15) is 42.2 Å². The van der Waals surface area contributed by atoms with Crippen LogP contribution in [0.15, 0.2) is 36.5 Å². The van der Waals surface area contributed by atoms with Gasteiger partial charge in [0.05, 0.1) is 6.20 Å². The summed E-state index contributed by atoms with van der Waals surface area (Å²) in [6, 6.07) is 10.7. The second kappa shape index (κ2) is 7.19. The zero-order valence-corrected chi connectivity index (χ0v) is 15.5. The van der Waals surface area contributed by atoms with Gasteiger partial charge in [0.25, 0.3) is 5.91 Å². The molecule has 0 saturated carbocycles. The Bertz CT molecular complexity index is 749. The smallest absolute Gasteiger partial charge is 0.273 e. The van der Waals surface area contributed by atoms with E-state index in [1.165, 1.54) is 12.0 Å². The lowest BCUT2D eigenvalue weighted by Crippen LogP contribution is -2.44. The van der Waals surface area contributed by atoms with Gasteiger partial charge in [0.2, 0.25) is 0 Å². The number of piperidine rings is 1. The maximum Gasteiger partial charge on any atom is 0.273 e. The molecule has 0 atom stereocenters. The van der Waals surface area contributed by atoms with E-state index in [1.807, 2.05) is 11.8 Å². The fourth-order valence-corrected chi connectivity index (χ4v) is 4.42. The first kappa shape index (κ1) is 17.2. The van der Waals surface area contributed by atoms with Crippen LogP contribution in [0.3, 0.4) is 0 Å². The van der Waals surface area contributed by atoms with Gasteiger partial charge in [0.1, 0.15) is 5.69 Å². The molecule has 2 aliphatic heterocycles. The molecule has 0 bridgehead atoms. The molecule has 2 fully saturated rings. The van der Waals surface area contributed by atoms with Gasteiger partial charge in [-0.15, -0.1) is 5.10 Å². The fraction of sp³-hybridized carbons (Fsp3) is 0.550. The van der Waals surface area contributed by atoms with Crippen LogP contribution in [-0.2, 0) is 13.1 Å². The summed E-state index contributed by atoms with van der Waals surface area (Å²) in [6.45, 7) is 7.68. The van der Waals surface area contributed by atoms with Crippen LogP contribution >= 0.6 is 0 Å². The van der Waals surface area contributed by atoms with Crippen molar-refractivity contribution >= 4 is 5.91 Å². The van der Waals surface area contributed by atoms with Crippen molar-refractivity contribution in [3.8, 4) is 0 Å². The summed E-state index contributed by atoms with van der Waals surface area (Å²) < 4.78 is 1.68. The number of carbonyl (C=O) groups excluding carboxylic acids is 1. The summed E-state index contributed by atoms with van der Waals surface area (Å²) >= 11 is 0. The maximum atomic E-state index is 12.8. The Balaban J connectivity index is 1.34. The van der Waals surface area contributed by atoms with E-state index in [1.54, 1.807) is 10.9 Å². The van der Waals surface area contributed by atoms with E-state index in [9.17, 15) is 4.79 Å². The molecular formula is C20H27N5O. The first-order valence-corrected chi connectivity index (χ1v) is 9.63. The van der Waals surface area contributed by atoms with Crippen LogP contribution in [0.2, 0.25) is 0 Å². The van der Waals surface area contributed by atoms with Crippen LogP contribution in [0.5, 0.6) is 0 Å². The molecule has 0 unspecified atom stereocenters. The molecule has 4 rings (SSSR count). The van der Waals surface area contributed by atoms with E-state index in [0.717, 1.165) is 45.6 Å². The highest BCUT2D eigenvalue weighted by atomic mass is 16.2. The van der Waals surface area contributed by atoms with Crippen molar-refractivity contribution in [1.29, 1.82) is 0 Å². The second-order valence-electron chi connectivity index (χ2n) is 7.67. The normalized spacial score (nSPS) is 20.0. The lowest BCUT2D eigenvalue weighted by molar-refractivity contribution is 0.0576. The van der Waals surface area contributed by atoms with Crippen LogP contribution in [-0.4, -0.2) is 56.9 Å². The molecule has 6 heteroatoms. The van der Waals surface area contributed by atoms with Crippen molar-refractivity contribution in [3.05, 3.63) is 47.8 Å². The van der Waals surface area contributed by atoms with E-state index in [4.69, 9.17) is 0 Å². The molecule has 138 valence electrons. The third-order valence-electron chi connectivity index (χ3n) is 6.01. The molecule has 2 saturated heterocycles. The summed E-state index contributed by atoms with van der Waals surface area (Å²) in [5.41, 5.74) is 2.38. The molecule has 1 spiro atoms. The highest BCUT2D eigenvalue weighted by Crippen LogP contribution is 2.41. The Kier molecular flexibility index (Phi) is 4.76. The number of nitrogens with zero attached hydrogens (tertiary/aromatic N) is 5. The molecule has 26 heavy (non-hydrogen) atoms. The van der Waals surface area contributed by atoms with Gasteiger partial charge in [-0.25, -0.2) is 4.68 Å². The Morgan fingerprint density at radius 2 is 1.85 bits per heavy atom. The molecule has 0 radical (unpaired) electrons. The second-order valence-corrected chi connectivity index (χ2v) is 7.67. The molecule has 0 aliphatic carbocycles. The van der Waals surface area contributed by atoms with Gasteiger partial charge in [-0.1, -0.05) is 35.5 Å². The number of aromatic nitrogens is 3. The number of likely N-dealkylation sites (tertiary alicyclic amines) is 2. The largest absolute Gasteiger partial charge is 0.337 e. The first-order valence-electron chi connectivity index (χ1n) is 9.63. The van der Waals surface area contributed by atoms with E-state index in [0.29, 0.717) is 17.7 Å². The first-order chi connectivity index (χ1) is 12.7. The molecule has 2 aliphatic rings. The Hall–Kier alpha value is -2.21.